The molecule has 0 bridgehead atoms. The average molecular weight is 328 g/mol. The Hall–Kier alpha value is -2.52. The Kier molecular flexibility index (Phi) is 3.34. The molecular weight excluding hydrogens is 315 g/mol. The zero-order valence-electron chi connectivity index (χ0n) is 12.3. The zero-order valence-corrected chi connectivity index (χ0v) is 12.3. The number of anilines is 1. The van der Waals surface area contributed by atoms with E-state index in [4.69, 9.17) is 0 Å². The maximum Gasteiger partial charge on any atom is 0.410 e. The predicted molar refractivity (Wildman–Crippen MR) is 70.6 cm³/mol. The minimum Gasteiger partial charge on any atom is -0.543 e. The quantitative estimate of drug-likeness (QED) is 0.887. The molecule has 0 saturated carbocycles. The van der Waals surface area contributed by atoms with Crippen molar-refractivity contribution in [3.05, 3.63) is 29.2 Å². The number of aromatic nitrogens is 4. The van der Waals surface area contributed by atoms with E-state index in [2.05, 4.69) is 15.5 Å². The molecule has 0 saturated heterocycles. The Morgan fingerprint density at radius 1 is 1.43 bits per heavy atom. The van der Waals surface area contributed by atoms with Crippen LogP contribution in [0.2, 0.25) is 0 Å². The van der Waals surface area contributed by atoms with E-state index in [0.717, 1.165) is 6.07 Å². The maximum atomic E-state index is 13.4. The van der Waals surface area contributed by atoms with E-state index in [9.17, 15) is 23.1 Å². The number of fused-ring (bicyclic) bond motifs is 1. The van der Waals surface area contributed by atoms with Crippen molar-refractivity contribution in [1.82, 2.24) is 19.6 Å². The van der Waals surface area contributed by atoms with Crippen LogP contribution in [0.4, 0.5) is 19.0 Å². The molecular formula is C13H13F3N5O2-. The molecule has 2 aromatic rings. The van der Waals surface area contributed by atoms with E-state index in [1.165, 1.54) is 4.68 Å². The largest absolute Gasteiger partial charge is 0.543 e. The molecule has 7 nitrogen and oxygen atoms in total. The summed E-state index contributed by atoms with van der Waals surface area (Å²) < 4.78 is 42.2. The van der Waals surface area contributed by atoms with Gasteiger partial charge in [-0.15, -0.1) is 0 Å². The topological polar surface area (TPSA) is 87.8 Å². The van der Waals surface area contributed by atoms with Crippen LogP contribution >= 0.6 is 0 Å². The van der Waals surface area contributed by atoms with Gasteiger partial charge in [-0.1, -0.05) is 0 Å². The molecule has 2 atom stereocenters. The fourth-order valence-electron chi connectivity index (χ4n) is 2.84. The molecule has 1 aliphatic rings. The number of carbonyl (C=O) groups is 1. The van der Waals surface area contributed by atoms with Crippen LogP contribution in [0.5, 0.6) is 0 Å². The second-order valence-electron chi connectivity index (χ2n) is 5.48. The second kappa shape index (κ2) is 5.00. The Labute approximate surface area is 128 Å². The number of aromatic carboxylic acids is 1. The van der Waals surface area contributed by atoms with Crippen molar-refractivity contribution in [2.75, 3.05) is 5.32 Å². The Balaban J connectivity index is 2.05. The molecule has 0 spiro atoms. The first-order valence-corrected chi connectivity index (χ1v) is 6.81. The van der Waals surface area contributed by atoms with Gasteiger partial charge in [0.15, 0.2) is 6.04 Å². The van der Waals surface area contributed by atoms with Crippen molar-refractivity contribution in [1.29, 1.82) is 0 Å². The molecule has 0 amide bonds. The summed E-state index contributed by atoms with van der Waals surface area (Å²) in [6.45, 7) is 1.71. The summed E-state index contributed by atoms with van der Waals surface area (Å²) in [4.78, 5) is 10.9. The van der Waals surface area contributed by atoms with Crippen LogP contribution in [0, 0.1) is 6.92 Å². The number of carboxylic acids is 1. The van der Waals surface area contributed by atoms with Gasteiger partial charge in [-0.05, 0) is 6.92 Å². The minimum absolute atomic E-state index is 0.00831. The highest BCUT2D eigenvalue weighted by Gasteiger charge is 2.47. The number of rotatable bonds is 2. The van der Waals surface area contributed by atoms with Gasteiger partial charge in [-0.25, -0.2) is 4.68 Å². The Morgan fingerprint density at radius 2 is 2.13 bits per heavy atom. The highest BCUT2D eigenvalue weighted by Crippen LogP contribution is 2.43. The molecule has 1 N–H and O–H groups in total. The SMILES string of the molecule is Cc1nn(C)cc1[C@@H]1C[C@H](C(F)(F)F)n2nc(C(=O)[O-])cc2N1. The van der Waals surface area contributed by atoms with E-state index >= 15 is 0 Å². The number of carboxylic acid groups (broad SMARTS) is 1. The number of hydrogen-bond donors (Lipinski definition) is 1. The lowest BCUT2D eigenvalue weighted by Gasteiger charge is -2.33. The van der Waals surface area contributed by atoms with E-state index in [0.29, 0.717) is 15.9 Å². The molecule has 3 heterocycles. The lowest BCUT2D eigenvalue weighted by molar-refractivity contribution is -0.255. The van der Waals surface area contributed by atoms with Crippen LogP contribution in [0.15, 0.2) is 12.3 Å². The summed E-state index contributed by atoms with van der Waals surface area (Å²) in [6.07, 6.45) is -3.22. The second-order valence-corrected chi connectivity index (χ2v) is 5.48. The number of carbonyl (C=O) groups excluding carboxylic acids is 1. The van der Waals surface area contributed by atoms with E-state index < -0.39 is 29.9 Å². The Morgan fingerprint density at radius 3 is 2.65 bits per heavy atom. The smallest absolute Gasteiger partial charge is 0.410 e. The van der Waals surface area contributed by atoms with Crippen molar-refractivity contribution < 1.29 is 23.1 Å². The third-order valence-corrected chi connectivity index (χ3v) is 3.83. The fourth-order valence-corrected chi connectivity index (χ4v) is 2.84. The van der Waals surface area contributed by atoms with Gasteiger partial charge in [0.1, 0.15) is 11.5 Å². The molecule has 23 heavy (non-hydrogen) atoms. The molecule has 124 valence electrons. The normalized spacial score (nSPS) is 20.9. The van der Waals surface area contributed by atoms with E-state index in [-0.39, 0.29) is 12.2 Å². The third kappa shape index (κ3) is 2.64. The van der Waals surface area contributed by atoms with Crippen LogP contribution in [0.1, 0.15) is 40.3 Å². The van der Waals surface area contributed by atoms with Crippen LogP contribution in [-0.4, -0.2) is 31.7 Å². The third-order valence-electron chi connectivity index (χ3n) is 3.83. The standard InChI is InChI=1S/C13H14F3N5O2/c1-6-7(5-20(2)18-6)8-3-10(13(14,15)16)21-11(17-8)4-9(19-21)12(22)23/h4-5,8,10,17H,3H2,1-2H3,(H,22,23)/p-1/t8-,10+/m0/s1. The number of nitrogens with one attached hydrogen (secondary N) is 1. The van der Waals surface area contributed by atoms with Crippen molar-refractivity contribution in [3.8, 4) is 0 Å². The number of aryl methyl sites for hydroxylation is 2. The van der Waals surface area contributed by atoms with Crippen LogP contribution in [-0.2, 0) is 7.05 Å². The van der Waals surface area contributed by atoms with Crippen molar-refractivity contribution in [2.24, 2.45) is 7.05 Å². The predicted octanol–water partition coefficient (Wildman–Crippen LogP) is 0.949. The van der Waals surface area contributed by atoms with Crippen LogP contribution in [0.3, 0.4) is 0 Å². The lowest BCUT2D eigenvalue weighted by Crippen LogP contribution is -2.36. The number of hydrogen-bond acceptors (Lipinski definition) is 5. The first-order valence-electron chi connectivity index (χ1n) is 6.81. The highest BCUT2D eigenvalue weighted by molar-refractivity contribution is 5.84. The van der Waals surface area contributed by atoms with Crippen LogP contribution < -0.4 is 10.4 Å². The number of halogens is 3. The Bertz CT molecular complexity index is 764. The summed E-state index contributed by atoms with van der Waals surface area (Å²) >= 11 is 0. The highest BCUT2D eigenvalue weighted by atomic mass is 19.4. The summed E-state index contributed by atoms with van der Waals surface area (Å²) in [6, 6.07) is -1.52. The molecule has 0 radical (unpaired) electrons. The molecule has 0 unspecified atom stereocenters. The molecule has 0 fully saturated rings. The summed E-state index contributed by atoms with van der Waals surface area (Å²) in [5.41, 5.74) is 0.702. The van der Waals surface area contributed by atoms with Crippen LogP contribution in [0.25, 0.3) is 0 Å². The first-order chi connectivity index (χ1) is 10.7. The summed E-state index contributed by atoms with van der Waals surface area (Å²) in [7, 11) is 1.68. The molecule has 3 rings (SSSR count). The number of alkyl halides is 3. The van der Waals surface area contributed by atoms with Gasteiger partial charge in [-0.3, -0.25) is 4.68 Å². The fraction of sp³-hybridized carbons (Fsp3) is 0.462. The van der Waals surface area contributed by atoms with Gasteiger partial charge in [0.2, 0.25) is 0 Å². The van der Waals surface area contributed by atoms with Gasteiger partial charge in [0.25, 0.3) is 0 Å². The van der Waals surface area contributed by atoms with E-state index in [1.54, 1.807) is 20.2 Å². The molecule has 2 aromatic heterocycles. The molecule has 10 heteroatoms. The van der Waals surface area contributed by atoms with E-state index in [1.807, 2.05) is 0 Å². The monoisotopic (exact) mass is 328 g/mol. The van der Waals surface area contributed by atoms with Crippen molar-refractivity contribution in [2.45, 2.75) is 31.6 Å². The van der Waals surface area contributed by atoms with Crippen molar-refractivity contribution in [3.63, 3.8) is 0 Å². The summed E-state index contributed by atoms with van der Waals surface area (Å²) in [5, 5.41) is 21.4. The lowest BCUT2D eigenvalue weighted by atomic mass is 9.97. The van der Waals surface area contributed by atoms with Gasteiger partial charge in [0.05, 0.1) is 17.7 Å². The summed E-state index contributed by atoms with van der Waals surface area (Å²) in [5.74, 6) is -1.63. The molecule has 0 aromatic carbocycles. The number of nitrogens with zero attached hydrogens (tertiary/aromatic N) is 4. The molecule has 0 aliphatic carbocycles. The van der Waals surface area contributed by atoms with Crippen molar-refractivity contribution >= 4 is 11.8 Å². The van der Waals surface area contributed by atoms with Gasteiger partial charge < -0.3 is 15.2 Å². The minimum atomic E-state index is -4.56. The van der Waals surface area contributed by atoms with Gasteiger partial charge >= 0.3 is 6.18 Å². The van der Waals surface area contributed by atoms with Gasteiger partial charge in [-0.2, -0.15) is 23.4 Å². The average Bonchev–Trinajstić information content (AvgIpc) is 2.99. The maximum absolute atomic E-state index is 13.4. The first kappa shape index (κ1) is 15.4. The zero-order chi connectivity index (χ0) is 16.9. The van der Waals surface area contributed by atoms with Gasteiger partial charge in [0, 0.05) is 31.3 Å². The molecule has 1 aliphatic heterocycles.